The van der Waals surface area contributed by atoms with E-state index in [1.165, 1.54) is 11.1 Å². The zero-order chi connectivity index (χ0) is 13.8. The van der Waals surface area contributed by atoms with Gasteiger partial charge in [0.1, 0.15) is 11.4 Å². The van der Waals surface area contributed by atoms with Crippen molar-refractivity contribution in [2.24, 2.45) is 0 Å². The Kier molecular flexibility index (Phi) is 3.46. The van der Waals surface area contributed by atoms with Crippen molar-refractivity contribution in [2.75, 3.05) is 5.32 Å². The molecule has 3 aromatic rings. The highest BCUT2D eigenvalue weighted by Gasteiger charge is 2.04. The van der Waals surface area contributed by atoms with Crippen molar-refractivity contribution < 1.29 is 4.63 Å². The Morgan fingerprint density at radius 3 is 2.25 bits per heavy atom. The summed E-state index contributed by atoms with van der Waals surface area (Å²) >= 11 is 0. The molecule has 1 heterocycles. The monoisotopic (exact) mass is 265 g/mol. The molecule has 0 saturated carbocycles. The third kappa shape index (κ3) is 2.69. The maximum absolute atomic E-state index is 4.67. The molecule has 20 heavy (non-hydrogen) atoms. The Bertz CT molecular complexity index is 674. The topological polar surface area (TPSA) is 51.0 Å². The Morgan fingerprint density at radius 1 is 0.900 bits per heavy atom. The number of aromatic nitrogens is 2. The molecule has 0 fully saturated rings. The molecule has 0 aliphatic rings. The van der Waals surface area contributed by atoms with Gasteiger partial charge in [-0.25, -0.2) is 4.63 Å². The van der Waals surface area contributed by atoms with Crippen LogP contribution in [0.5, 0.6) is 0 Å². The van der Waals surface area contributed by atoms with Crippen molar-refractivity contribution in [3.63, 3.8) is 0 Å². The Balaban J connectivity index is 1.69. The molecule has 0 unspecified atom stereocenters. The maximum Gasteiger partial charge on any atom is 0.127 e. The van der Waals surface area contributed by atoms with Gasteiger partial charge in [-0.3, -0.25) is 0 Å². The van der Waals surface area contributed by atoms with Crippen LogP contribution in [0.1, 0.15) is 11.4 Å². The summed E-state index contributed by atoms with van der Waals surface area (Å²) in [6.45, 7) is 2.49. The van der Waals surface area contributed by atoms with Crippen molar-refractivity contribution in [2.45, 2.75) is 13.5 Å². The second kappa shape index (κ2) is 5.57. The first kappa shape index (κ1) is 12.4. The fourth-order valence-corrected chi connectivity index (χ4v) is 2.01. The number of nitrogens with one attached hydrogen (secondary N) is 1. The van der Waals surface area contributed by atoms with Crippen molar-refractivity contribution in [3.8, 4) is 11.1 Å². The minimum Gasteiger partial charge on any atom is -0.379 e. The molecule has 4 nitrogen and oxygen atoms in total. The molecule has 0 amide bonds. The third-order valence-electron chi connectivity index (χ3n) is 3.20. The molecule has 0 bridgehead atoms. The molecule has 1 aromatic heterocycles. The van der Waals surface area contributed by atoms with Crippen molar-refractivity contribution >= 4 is 5.69 Å². The van der Waals surface area contributed by atoms with E-state index in [0.29, 0.717) is 6.54 Å². The van der Waals surface area contributed by atoms with Crippen LogP contribution in [-0.2, 0) is 6.54 Å². The maximum atomic E-state index is 4.67. The lowest BCUT2D eigenvalue weighted by molar-refractivity contribution is 0.301. The van der Waals surface area contributed by atoms with Gasteiger partial charge in [-0.1, -0.05) is 52.8 Å². The largest absolute Gasteiger partial charge is 0.379 e. The first-order valence-corrected chi connectivity index (χ1v) is 6.50. The summed E-state index contributed by atoms with van der Waals surface area (Å²) in [5.41, 5.74) is 5.12. The Hall–Kier alpha value is -2.62. The van der Waals surface area contributed by atoms with Crippen molar-refractivity contribution in [1.29, 1.82) is 0 Å². The van der Waals surface area contributed by atoms with Gasteiger partial charge in [-0.2, -0.15) is 0 Å². The van der Waals surface area contributed by atoms with Crippen LogP contribution in [0.4, 0.5) is 5.69 Å². The molecule has 4 heteroatoms. The number of hydrogen-bond acceptors (Lipinski definition) is 4. The van der Waals surface area contributed by atoms with Gasteiger partial charge in [0.25, 0.3) is 0 Å². The molecule has 100 valence electrons. The van der Waals surface area contributed by atoms with Gasteiger partial charge in [-0.05, 0) is 30.2 Å². The molecule has 0 spiro atoms. The van der Waals surface area contributed by atoms with Gasteiger partial charge in [0.15, 0.2) is 0 Å². The molecule has 0 atom stereocenters. The molecule has 1 N–H and O–H groups in total. The first-order chi connectivity index (χ1) is 9.83. The standard InChI is InChI=1S/C16H15N3O/c1-12-16(19-20-18-12)11-17-15-9-7-14(8-10-15)13-5-3-2-4-6-13/h2-10,17H,11H2,1H3. The Morgan fingerprint density at radius 2 is 1.60 bits per heavy atom. The smallest absolute Gasteiger partial charge is 0.127 e. The highest BCUT2D eigenvalue weighted by Crippen LogP contribution is 2.21. The Labute approximate surface area is 117 Å². The van der Waals surface area contributed by atoms with Crippen molar-refractivity contribution in [3.05, 3.63) is 66.0 Å². The SMILES string of the molecule is Cc1nonc1CNc1ccc(-c2ccccc2)cc1. The molecule has 0 aliphatic heterocycles. The quantitative estimate of drug-likeness (QED) is 0.782. The van der Waals surface area contributed by atoms with E-state index in [2.05, 4.69) is 56.7 Å². The number of hydrogen-bond donors (Lipinski definition) is 1. The van der Waals surface area contributed by atoms with Gasteiger partial charge in [0, 0.05) is 5.69 Å². The lowest BCUT2D eigenvalue weighted by Crippen LogP contribution is -2.01. The molecule has 0 saturated heterocycles. The highest BCUT2D eigenvalue weighted by atomic mass is 16.6. The van der Waals surface area contributed by atoms with Crippen LogP contribution in [0.2, 0.25) is 0 Å². The molecule has 2 aromatic carbocycles. The minimum absolute atomic E-state index is 0.611. The van der Waals surface area contributed by atoms with Crippen LogP contribution in [0.3, 0.4) is 0 Å². The molecular formula is C16H15N3O. The third-order valence-corrected chi connectivity index (χ3v) is 3.20. The van der Waals surface area contributed by atoms with Crippen LogP contribution < -0.4 is 5.32 Å². The average Bonchev–Trinajstić information content (AvgIpc) is 2.92. The zero-order valence-corrected chi connectivity index (χ0v) is 11.2. The predicted molar refractivity (Wildman–Crippen MR) is 78.2 cm³/mol. The number of benzene rings is 2. The van der Waals surface area contributed by atoms with E-state index < -0.39 is 0 Å². The fraction of sp³-hybridized carbons (Fsp3) is 0.125. The van der Waals surface area contributed by atoms with E-state index >= 15 is 0 Å². The normalized spacial score (nSPS) is 10.4. The average molecular weight is 265 g/mol. The minimum atomic E-state index is 0.611. The summed E-state index contributed by atoms with van der Waals surface area (Å²) < 4.78 is 4.67. The van der Waals surface area contributed by atoms with Gasteiger partial charge in [0.05, 0.1) is 6.54 Å². The first-order valence-electron chi connectivity index (χ1n) is 6.50. The number of nitrogens with zero attached hydrogens (tertiary/aromatic N) is 2. The zero-order valence-electron chi connectivity index (χ0n) is 11.2. The van der Waals surface area contributed by atoms with Crippen LogP contribution >= 0.6 is 0 Å². The lowest BCUT2D eigenvalue weighted by Gasteiger charge is -2.06. The molecule has 0 radical (unpaired) electrons. The van der Waals surface area contributed by atoms with Gasteiger partial charge >= 0.3 is 0 Å². The second-order valence-corrected chi connectivity index (χ2v) is 4.59. The molecule has 0 aliphatic carbocycles. The second-order valence-electron chi connectivity index (χ2n) is 4.59. The summed E-state index contributed by atoms with van der Waals surface area (Å²) in [6.07, 6.45) is 0. The molecular weight excluding hydrogens is 250 g/mol. The van der Waals surface area contributed by atoms with E-state index in [1.807, 2.05) is 25.1 Å². The summed E-state index contributed by atoms with van der Waals surface area (Å²) in [6, 6.07) is 18.6. The number of anilines is 1. The van der Waals surface area contributed by atoms with Crippen LogP contribution in [0.15, 0.2) is 59.2 Å². The summed E-state index contributed by atoms with van der Waals surface area (Å²) in [5, 5.41) is 10.9. The van der Waals surface area contributed by atoms with Crippen LogP contribution in [0, 0.1) is 6.92 Å². The van der Waals surface area contributed by atoms with E-state index in [4.69, 9.17) is 0 Å². The van der Waals surface area contributed by atoms with Crippen molar-refractivity contribution in [1.82, 2.24) is 10.3 Å². The van der Waals surface area contributed by atoms with E-state index in [0.717, 1.165) is 17.1 Å². The van der Waals surface area contributed by atoms with Crippen LogP contribution in [-0.4, -0.2) is 10.3 Å². The number of aryl methyl sites for hydroxylation is 1. The lowest BCUT2D eigenvalue weighted by atomic mass is 10.1. The van der Waals surface area contributed by atoms with E-state index in [1.54, 1.807) is 0 Å². The predicted octanol–water partition coefficient (Wildman–Crippen LogP) is 3.66. The van der Waals surface area contributed by atoms with E-state index in [9.17, 15) is 0 Å². The summed E-state index contributed by atoms with van der Waals surface area (Å²) in [5.74, 6) is 0. The van der Waals surface area contributed by atoms with Gasteiger partial charge in [0.2, 0.25) is 0 Å². The van der Waals surface area contributed by atoms with Gasteiger partial charge in [-0.15, -0.1) is 0 Å². The van der Waals surface area contributed by atoms with Crippen LogP contribution in [0.25, 0.3) is 11.1 Å². The number of rotatable bonds is 4. The summed E-state index contributed by atoms with van der Waals surface area (Å²) in [7, 11) is 0. The summed E-state index contributed by atoms with van der Waals surface area (Å²) in [4.78, 5) is 0. The fourth-order valence-electron chi connectivity index (χ4n) is 2.01. The highest BCUT2D eigenvalue weighted by molar-refractivity contribution is 5.65. The van der Waals surface area contributed by atoms with E-state index in [-0.39, 0.29) is 0 Å². The molecule has 3 rings (SSSR count). The van der Waals surface area contributed by atoms with Gasteiger partial charge < -0.3 is 5.32 Å².